The van der Waals surface area contributed by atoms with Gasteiger partial charge in [0.1, 0.15) is 5.75 Å². The highest BCUT2D eigenvalue weighted by Gasteiger charge is 2.16. The lowest BCUT2D eigenvalue weighted by atomic mass is 10.2. The lowest BCUT2D eigenvalue weighted by Crippen LogP contribution is -2.30. The summed E-state index contributed by atoms with van der Waals surface area (Å²) < 4.78 is 37.2. The maximum Gasteiger partial charge on any atom is 0.343 e. The summed E-state index contributed by atoms with van der Waals surface area (Å²) in [7, 11) is -2.57. The third kappa shape index (κ3) is 5.95. The lowest BCUT2D eigenvalue weighted by Gasteiger charge is -2.18. The van der Waals surface area contributed by atoms with E-state index >= 15 is 0 Å². The largest absolute Gasteiger partial charge is 0.482 e. The first-order valence-electron chi connectivity index (χ1n) is 9.02. The van der Waals surface area contributed by atoms with Crippen LogP contribution in [-0.2, 0) is 19.6 Å². The Morgan fingerprint density at radius 1 is 0.966 bits per heavy atom. The number of sulfonamides is 1. The summed E-state index contributed by atoms with van der Waals surface area (Å²) in [6.07, 6.45) is 0. The smallest absolute Gasteiger partial charge is 0.343 e. The van der Waals surface area contributed by atoms with Crippen molar-refractivity contribution < 1.29 is 27.5 Å². The molecule has 2 aromatic carbocycles. The molecule has 0 spiro atoms. The Morgan fingerprint density at radius 3 is 2.07 bits per heavy atom. The minimum atomic E-state index is -3.82. The van der Waals surface area contributed by atoms with Crippen molar-refractivity contribution in [2.24, 2.45) is 0 Å². The molecule has 29 heavy (non-hydrogen) atoms. The van der Waals surface area contributed by atoms with E-state index in [9.17, 15) is 18.0 Å². The first kappa shape index (κ1) is 22.2. The molecular weight excluding hydrogens is 396 g/mol. The molecule has 1 amide bonds. The van der Waals surface area contributed by atoms with Crippen molar-refractivity contribution in [3.8, 4) is 5.75 Å². The van der Waals surface area contributed by atoms with Crippen LogP contribution in [0.4, 0.5) is 5.69 Å². The van der Waals surface area contributed by atoms with Crippen molar-refractivity contribution in [1.29, 1.82) is 0 Å². The van der Waals surface area contributed by atoms with Crippen molar-refractivity contribution in [3.63, 3.8) is 0 Å². The monoisotopic (exact) mass is 420 g/mol. The van der Waals surface area contributed by atoms with E-state index in [1.807, 2.05) is 13.8 Å². The number of hydrogen-bond acceptors (Lipinski definition) is 6. The van der Waals surface area contributed by atoms with Gasteiger partial charge in [0, 0.05) is 24.3 Å². The van der Waals surface area contributed by atoms with E-state index in [1.54, 1.807) is 29.2 Å². The number of benzene rings is 2. The normalized spacial score (nSPS) is 10.9. The lowest BCUT2D eigenvalue weighted by molar-refractivity contribution is -0.142. The number of carbonyl (C=O) groups excluding carboxylic acids is 2. The van der Waals surface area contributed by atoms with Crippen LogP contribution in [0.5, 0.6) is 5.75 Å². The molecular formula is C20H24N2O6S. The first-order chi connectivity index (χ1) is 13.8. The molecule has 0 aliphatic rings. The summed E-state index contributed by atoms with van der Waals surface area (Å²) >= 11 is 0. The topological polar surface area (TPSA) is 102 Å². The van der Waals surface area contributed by atoms with E-state index in [4.69, 9.17) is 4.74 Å². The van der Waals surface area contributed by atoms with Crippen LogP contribution in [0.2, 0.25) is 0 Å². The number of esters is 1. The highest BCUT2D eigenvalue weighted by molar-refractivity contribution is 7.92. The number of anilines is 1. The molecule has 0 radical (unpaired) electrons. The molecule has 8 nitrogen and oxygen atoms in total. The predicted octanol–water partition coefficient (Wildman–Crippen LogP) is 2.52. The standard InChI is InChI=1S/C20H24N2O6S/c1-4-22(5-2)20(24)15-6-8-16(9-7-15)21-29(25,26)18-12-10-17(11-13-18)28-14-19(23)27-3/h6-13,21H,4-5,14H2,1-3H3. The fourth-order valence-corrected chi connectivity index (χ4v) is 3.56. The predicted molar refractivity (Wildman–Crippen MR) is 108 cm³/mol. The van der Waals surface area contributed by atoms with Gasteiger partial charge in [-0.1, -0.05) is 0 Å². The summed E-state index contributed by atoms with van der Waals surface area (Å²) in [4.78, 5) is 25.1. The van der Waals surface area contributed by atoms with Crippen LogP contribution < -0.4 is 9.46 Å². The third-order valence-electron chi connectivity index (χ3n) is 4.15. The molecule has 0 fully saturated rings. The number of amides is 1. The van der Waals surface area contributed by atoms with Crippen LogP contribution in [-0.4, -0.2) is 52.0 Å². The number of ether oxygens (including phenoxy) is 2. The average molecular weight is 420 g/mol. The zero-order valence-electron chi connectivity index (χ0n) is 16.5. The van der Waals surface area contributed by atoms with E-state index < -0.39 is 16.0 Å². The summed E-state index contributed by atoms with van der Waals surface area (Å²) in [5.41, 5.74) is 0.830. The van der Waals surface area contributed by atoms with Crippen LogP contribution in [0.3, 0.4) is 0 Å². The second-order valence-corrected chi connectivity index (χ2v) is 7.68. The maximum atomic E-state index is 12.5. The van der Waals surface area contributed by atoms with Gasteiger partial charge in [-0.2, -0.15) is 0 Å². The van der Waals surface area contributed by atoms with Gasteiger partial charge in [0.05, 0.1) is 12.0 Å². The van der Waals surface area contributed by atoms with Gasteiger partial charge in [-0.05, 0) is 62.4 Å². The summed E-state index contributed by atoms with van der Waals surface area (Å²) in [5.74, 6) is -0.299. The van der Waals surface area contributed by atoms with Crippen molar-refractivity contribution in [2.75, 3.05) is 31.5 Å². The molecule has 0 unspecified atom stereocenters. The Labute approximate surface area is 170 Å². The highest BCUT2D eigenvalue weighted by atomic mass is 32.2. The van der Waals surface area contributed by atoms with Crippen molar-refractivity contribution in [1.82, 2.24) is 4.90 Å². The number of rotatable bonds is 9. The summed E-state index contributed by atoms with van der Waals surface area (Å²) in [5, 5.41) is 0. The zero-order chi connectivity index (χ0) is 21.4. The number of methoxy groups -OCH3 is 1. The van der Waals surface area contributed by atoms with E-state index in [0.29, 0.717) is 30.1 Å². The molecule has 156 valence electrons. The Kier molecular flexibility index (Phi) is 7.60. The fraction of sp³-hybridized carbons (Fsp3) is 0.300. The molecule has 2 aromatic rings. The minimum absolute atomic E-state index is 0.0335. The van der Waals surface area contributed by atoms with Gasteiger partial charge in [0.25, 0.3) is 15.9 Å². The zero-order valence-corrected chi connectivity index (χ0v) is 17.4. The molecule has 0 saturated heterocycles. The van der Waals surface area contributed by atoms with Crippen LogP contribution in [0, 0.1) is 0 Å². The molecule has 0 aliphatic carbocycles. The third-order valence-corrected chi connectivity index (χ3v) is 5.55. The van der Waals surface area contributed by atoms with Crippen molar-refractivity contribution in [3.05, 3.63) is 54.1 Å². The number of nitrogens with zero attached hydrogens (tertiary/aromatic N) is 1. The second-order valence-electron chi connectivity index (χ2n) is 6.00. The van der Waals surface area contributed by atoms with Gasteiger partial charge in [-0.25, -0.2) is 13.2 Å². The Bertz CT molecular complexity index is 936. The second kappa shape index (κ2) is 9.92. The Balaban J connectivity index is 2.07. The van der Waals surface area contributed by atoms with E-state index in [-0.39, 0.29) is 17.4 Å². The van der Waals surface area contributed by atoms with Gasteiger partial charge >= 0.3 is 5.97 Å². The molecule has 2 rings (SSSR count). The fourth-order valence-electron chi connectivity index (χ4n) is 2.50. The van der Waals surface area contributed by atoms with Crippen LogP contribution in [0.25, 0.3) is 0 Å². The molecule has 0 atom stereocenters. The average Bonchev–Trinajstić information content (AvgIpc) is 2.73. The molecule has 0 aliphatic heterocycles. The SMILES string of the molecule is CCN(CC)C(=O)c1ccc(NS(=O)(=O)c2ccc(OCC(=O)OC)cc2)cc1. The van der Waals surface area contributed by atoms with Gasteiger partial charge in [0.2, 0.25) is 0 Å². The van der Waals surface area contributed by atoms with Crippen molar-refractivity contribution in [2.45, 2.75) is 18.7 Å². The van der Waals surface area contributed by atoms with E-state index in [1.165, 1.54) is 31.4 Å². The van der Waals surface area contributed by atoms with Crippen LogP contribution in [0.15, 0.2) is 53.4 Å². The Morgan fingerprint density at radius 2 is 1.55 bits per heavy atom. The molecule has 1 N–H and O–H groups in total. The van der Waals surface area contributed by atoms with Crippen LogP contribution in [0.1, 0.15) is 24.2 Å². The molecule has 9 heteroatoms. The van der Waals surface area contributed by atoms with E-state index in [2.05, 4.69) is 9.46 Å². The minimum Gasteiger partial charge on any atom is -0.482 e. The van der Waals surface area contributed by atoms with Crippen LogP contribution >= 0.6 is 0 Å². The van der Waals surface area contributed by atoms with Gasteiger partial charge in [-0.3, -0.25) is 9.52 Å². The molecule has 0 aromatic heterocycles. The molecule has 0 saturated carbocycles. The maximum absolute atomic E-state index is 12.5. The highest BCUT2D eigenvalue weighted by Crippen LogP contribution is 2.20. The summed E-state index contributed by atoms with van der Waals surface area (Å²) in [6, 6.07) is 11.9. The van der Waals surface area contributed by atoms with Crippen molar-refractivity contribution >= 4 is 27.6 Å². The first-order valence-corrected chi connectivity index (χ1v) is 10.5. The number of nitrogens with one attached hydrogen (secondary N) is 1. The van der Waals surface area contributed by atoms with E-state index in [0.717, 1.165) is 0 Å². The Hall–Kier alpha value is -3.07. The number of carbonyl (C=O) groups is 2. The van der Waals surface area contributed by atoms with Gasteiger partial charge in [-0.15, -0.1) is 0 Å². The van der Waals surface area contributed by atoms with Gasteiger partial charge in [0.15, 0.2) is 6.61 Å². The quantitative estimate of drug-likeness (QED) is 0.626. The van der Waals surface area contributed by atoms with Gasteiger partial charge < -0.3 is 14.4 Å². The molecule has 0 bridgehead atoms. The summed E-state index contributed by atoms with van der Waals surface area (Å²) in [6.45, 7) is 4.73. The number of hydrogen-bond donors (Lipinski definition) is 1. The molecule has 0 heterocycles.